The van der Waals surface area contributed by atoms with Crippen LogP contribution >= 0.6 is 11.6 Å². The molecule has 0 amide bonds. The van der Waals surface area contributed by atoms with E-state index in [4.69, 9.17) is 25.8 Å². The van der Waals surface area contributed by atoms with Crippen molar-refractivity contribution in [2.45, 2.75) is 6.92 Å². The minimum Gasteiger partial charge on any atom is -0.503 e. The van der Waals surface area contributed by atoms with Crippen LogP contribution in [0.4, 0.5) is 0 Å². The van der Waals surface area contributed by atoms with Crippen molar-refractivity contribution >= 4 is 23.5 Å². The Morgan fingerprint density at radius 2 is 1.92 bits per heavy atom. The Labute approximate surface area is 151 Å². The average Bonchev–Trinajstić information content (AvgIpc) is 2.63. The van der Waals surface area contributed by atoms with Gasteiger partial charge in [0.2, 0.25) is 0 Å². The molecule has 0 bridgehead atoms. The lowest BCUT2D eigenvalue weighted by Crippen LogP contribution is -2.00. The number of allylic oxidation sites excluding steroid dienone is 1. The predicted octanol–water partition coefficient (Wildman–Crippen LogP) is 4.36. The van der Waals surface area contributed by atoms with Gasteiger partial charge in [-0.15, -0.1) is 0 Å². The first-order valence-corrected chi connectivity index (χ1v) is 7.97. The molecular formula is C19H19ClO5. The van der Waals surface area contributed by atoms with Gasteiger partial charge in [0.25, 0.3) is 0 Å². The monoisotopic (exact) mass is 362 g/mol. The molecule has 0 aliphatic carbocycles. The Kier molecular flexibility index (Phi) is 6.31. The van der Waals surface area contributed by atoms with Crippen molar-refractivity contribution in [2.75, 3.05) is 20.8 Å². The van der Waals surface area contributed by atoms with E-state index in [1.165, 1.54) is 20.3 Å². The van der Waals surface area contributed by atoms with E-state index in [0.29, 0.717) is 29.2 Å². The molecule has 5 nitrogen and oxygen atoms in total. The van der Waals surface area contributed by atoms with Crippen molar-refractivity contribution in [1.29, 1.82) is 0 Å². The molecular weight excluding hydrogens is 344 g/mol. The van der Waals surface area contributed by atoms with Gasteiger partial charge in [-0.05, 0) is 48.9 Å². The van der Waals surface area contributed by atoms with Crippen LogP contribution in [0.3, 0.4) is 0 Å². The number of ether oxygens (including phenoxy) is 3. The molecule has 0 unspecified atom stereocenters. The lowest BCUT2D eigenvalue weighted by molar-refractivity contribution is 0.104. The maximum atomic E-state index is 12.5. The van der Waals surface area contributed by atoms with Gasteiger partial charge in [0.05, 0.1) is 31.4 Å². The first-order valence-electron chi connectivity index (χ1n) is 7.59. The summed E-state index contributed by atoms with van der Waals surface area (Å²) >= 11 is 5.99. The van der Waals surface area contributed by atoms with Gasteiger partial charge in [0.15, 0.2) is 17.3 Å². The van der Waals surface area contributed by atoms with Crippen molar-refractivity contribution in [1.82, 2.24) is 0 Å². The van der Waals surface area contributed by atoms with Crippen molar-refractivity contribution in [3.63, 3.8) is 0 Å². The number of halogens is 1. The van der Waals surface area contributed by atoms with E-state index in [1.54, 1.807) is 43.3 Å². The number of phenols is 1. The van der Waals surface area contributed by atoms with Gasteiger partial charge in [0.1, 0.15) is 11.5 Å². The van der Waals surface area contributed by atoms with Gasteiger partial charge in [0, 0.05) is 0 Å². The van der Waals surface area contributed by atoms with Crippen LogP contribution in [0.1, 0.15) is 22.8 Å². The van der Waals surface area contributed by atoms with Gasteiger partial charge in [-0.25, -0.2) is 0 Å². The molecule has 2 aromatic carbocycles. The third kappa shape index (κ3) is 4.45. The molecule has 0 aromatic heterocycles. The molecule has 0 heterocycles. The number of hydrogen-bond acceptors (Lipinski definition) is 5. The molecule has 1 N–H and O–H groups in total. The Morgan fingerprint density at radius 3 is 2.56 bits per heavy atom. The fourth-order valence-electron chi connectivity index (χ4n) is 2.22. The number of methoxy groups -OCH3 is 2. The van der Waals surface area contributed by atoms with Crippen LogP contribution in [0.15, 0.2) is 36.4 Å². The third-order valence-electron chi connectivity index (χ3n) is 3.45. The van der Waals surface area contributed by atoms with E-state index in [-0.39, 0.29) is 22.3 Å². The van der Waals surface area contributed by atoms with Crippen LogP contribution in [0.5, 0.6) is 23.0 Å². The minimum atomic E-state index is -0.252. The van der Waals surface area contributed by atoms with Crippen LogP contribution < -0.4 is 14.2 Å². The van der Waals surface area contributed by atoms with E-state index < -0.39 is 0 Å². The summed E-state index contributed by atoms with van der Waals surface area (Å²) in [5, 5.41) is 10.0. The maximum absolute atomic E-state index is 12.5. The lowest BCUT2D eigenvalue weighted by Gasteiger charge is -2.09. The minimum absolute atomic E-state index is 0.124. The van der Waals surface area contributed by atoms with E-state index in [2.05, 4.69) is 0 Å². The molecule has 2 aromatic rings. The molecule has 0 spiro atoms. The maximum Gasteiger partial charge on any atom is 0.189 e. The molecule has 132 valence electrons. The van der Waals surface area contributed by atoms with Gasteiger partial charge >= 0.3 is 0 Å². The number of phenolic OH excluding ortho intramolecular Hbond substituents is 1. The molecule has 0 aliphatic rings. The highest BCUT2D eigenvalue weighted by molar-refractivity contribution is 6.32. The highest BCUT2D eigenvalue weighted by Gasteiger charge is 2.12. The zero-order valence-corrected chi connectivity index (χ0v) is 15.0. The van der Waals surface area contributed by atoms with Gasteiger partial charge < -0.3 is 19.3 Å². The Bertz CT molecular complexity index is 799. The smallest absolute Gasteiger partial charge is 0.189 e. The predicted molar refractivity (Wildman–Crippen MR) is 97.2 cm³/mol. The standard InChI is InChI=1S/C19H19ClO5/c1-4-25-18-10-12(9-15(20)19(18)22)5-7-16(21)14-11-13(23-2)6-8-17(14)24-3/h5-11,22H,4H2,1-3H3. The van der Waals surface area contributed by atoms with E-state index in [0.717, 1.165) is 0 Å². The zero-order chi connectivity index (χ0) is 18.4. The van der Waals surface area contributed by atoms with Gasteiger partial charge in [-0.2, -0.15) is 0 Å². The Morgan fingerprint density at radius 1 is 1.16 bits per heavy atom. The summed E-state index contributed by atoms with van der Waals surface area (Å²) in [6, 6.07) is 8.15. The van der Waals surface area contributed by atoms with Crippen molar-refractivity contribution in [3.8, 4) is 23.0 Å². The normalized spacial score (nSPS) is 10.7. The number of benzene rings is 2. The van der Waals surface area contributed by atoms with Crippen LogP contribution in [0.25, 0.3) is 6.08 Å². The molecule has 0 atom stereocenters. The molecule has 2 rings (SSSR count). The average molecular weight is 363 g/mol. The fourth-order valence-corrected chi connectivity index (χ4v) is 2.44. The second-order valence-corrected chi connectivity index (χ2v) is 5.45. The zero-order valence-electron chi connectivity index (χ0n) is 14.2. The van der Waals surface area contributed by atoms with Gasteiger partial charge in [-0.1, -0.05) is 17.7 Å². The first kappa shape index (κ1) is 18.7. The van der Waals surface area contributed by atoms with Crippen molar-refractivity contribution in [3.05, 3.63) is 52.6 Å². The summed E-state index contributed by atoms with van der Waals surface area (Å²) in [5.74, 6) is 0.901. The lowest BCUT2D eigenvalue weighted by atomic mass is 10.1. The number of rotatable bonds is 7. The molecule has 0 aliphatic heterocycles. The molecule has 0 fully saturated rings. The summed E-state index contributed by atoms with van der Waals surface area (Å²) in [7, 11) is 3.02. The summed E-state index contributed by atoms with van der Waals surface area (Å²) in [6.45, 7) is 2.19. The van der Waals surface area contributed by atoms with Crippen LogP contribution in [-0.4, -0.2) is 31.7 Å². The fraction of sp³-hybridized carbons (Fsp3) is 0.211. The number of ketones is 1. The molecule has 0 radical (unpaired) electrons. The van der Waals surface area contributed by atoms with Gasteiger partial charge in [-0.3, -0.25) is 4.79 Å². The number of carbonyl (C=O) groups excluding carboxylic acids is 1. The second-order valence-electron chi connectivity index (χ2n) is 5.05. The number of aromatic hydroxyl groups is 1. The quantitative estimate of drug-likeness (QED) is 0.585. The van der Waals surface area contributed by atoms with Crippen LogP contribution in [0.2, 0.25) is 5.02 Å². The third-order valence-corrected chi connectivity index (χ3v) is 3.74. The van der Waals surface area contributed by atoms with Crippen LogP contribution in [-0.2, 0) is 0 Å². The van der Waals surface area contributed by atoms with Crippen LogP contribution in [0, 0.1) is 0 Å². The molecule has 6 heteroatoms. The Balaban J connectivity index is 2.32. The highest BCUT2D eigenvalue weighted by atomic mass is 35.5. The number of hydrogen-bond donors (Lipinski definition) is 1. The van der Waals surface area contributed by atoms with E-state index in [1.807, 2.05) is 0 Å². The summed E-state index contributed by atoms with van der Waals surface area (Å²) in [6.07, 6.45) is 2.99. The molecule has 0 saturated carbocycles. The summed E-state index contributed by atoms with van der Waals surface area (Å²) < 4.78 is 15.7. The second kappa shape index (κ2) is 8.44. The topological polar surface area (TPSA) is 65.0 Å². The van der Waals surface area contributed by atoms with E-state index >= 15 is 0 Å². The largest absolute Gasteiger partial charge is 0.503 e. The molecule has 0 saturated heterocycles. The van der Waals surface area contributed by atoms with Crippen molar-refractivity contribution in [2.24, 2.45) is 0 Å². The number of carbonyl (C=O) groups is 1. The van der Waals surface area contributed by atoms with E-state index in [9.17, 15) is 9.90 Å². The summed E-state index contributed by atoms with van der Waals surface area (Å²) in [5.41, 5.74) is 1.01. The first-order chi connectivity index (χ1) is 12.0. The van der Waals surface area contributed by atoms with Crippen molar-refractivity contribution < 1.29 is 24.1 Å². The highest BCUT2D eigenvalue weighted by Crippen LogP contribution is 2.35. The Hall–Kier alpha value is -2.66. The SMILES string of the molecule is CCOc1cc(C=CC(=O)c2cc(OC)ccc2OC)cc(Cl)c1O. The molecule has 25 heavy (non-hydrogen) atoms. The summed E-state index contributed by atoms with van der Waals surface area (Å²) in [4.78, 5) is 12.5.